The van der Waals surface area contributed by atoms with Gasteiger partial charge in [0.15, 0.2) is 0 Å². The number of halogens is 2. The molecule has 2 aromatic heterocycles. The van der Waals surface area contributed by atoms with E-state index in [9.17, 15) is 4.79 Å². The largest absolute Gasteiger partial charge is 0.437 e. The highest BCUT2D eigenvalue weighted by atomic mass is 35.5. The molecule has 2 aliphatic heterocycles. The van der Waals surface area contributed by atoms with Gasteiger partial charge in [-0.3, -0.25) is 14.6 Å². The van der Waals surface area contributed by atoms with Gasteiger partial charge in [0.2, 0.25) is 11.8 Å². The van der Waals surface area contributed by atoms with Crippen molar-refractivity contribution in [3.63, 3.8) is 0 Å². The standard InChI is InChI=1S/C31H37Cl2N6O2/c1-3-37-10-12-39(13-11-37)30-5-4-28(20-35-30)41-31-15-24(14-29(36-31)25-16-26(32)18-27(33)17-25)21-38-8-6-23(7-9-38)19-34-22(2)40/h4-5,14-18,20,23H,1,3,6-13,19,21H2,2H3,(H,34,40). The molecule has 2 fully saturated rings. The van der Waals surface area contributed by atoms with E-state index < -0.39 is 0 Å². The lowest BCUT2D eigenvalue weighted by molar-refractivity contribution is -0.119. The summed E-state index contributed by atoms with van der Waals surface area (Å²) in [5.41, 5.74) is 2.67. The van der Waals surface area contributed by atoms with Crippen molar-refractivity contribution in [1.82, 2.24) is 25.1 Å². The average Bonchev–Trinajstić information content (AvgIpc) is 2.97. The molecule has 8 nitrogen and oxygen atoms in total. The second-order valence-corrected chi connectivity index (χ2v) is 11.7. The van der Waals surface area contributed by atoms with Crippen LogP contribution in [0.5, 0.6) is 11.6 Å². The van der Waals surface area contributed by atoms with E-state index in [1.807, 2.05) is 30.3 Å². The van der Waals surface area contributed by atoms with Crippen molar-refractivity contribution in [2.45, 2.75) is 26.3 Å². The maximum Gasteiger partial charge on any atom is 0.220 e. The molecule has 4 heterocycles. The molecule has 1 N–H and O–H groups in total. The molecule has 0 saturated carbocycles. The minimum atomic E-state index is 0.0304. The van der Waals surface area contributed by atoms with Gasteiger partial charge in [-0.15, -0.1) is 0 Å². The molecule has 1 aromatic carbocycles. The van der Waals surface area contributed by atoms with Gasteiger partial charge in [-0.25, -0.2) is 9.97 Å². The fourth-order valence-electron chi connectivity index (χ4n) is 5.39. The number of piperazine rings is 1. The van der Waals surface area contributed by atoms with E-state index in [4.69, 9.17) is 32.9 Å². The van der Waals surface area contributed by atoms with Crippen molar-refractivity contribution in [1.29, 1.82) is 0 Å². The van der Waals surface area contributed by atoms with Crippen LogP contribution in [-0.2, 0) is 11.3 Å². The Morgan fingerprint density at radius 3 is 2.37 bits per heavy atom. The van der Waals surface area contributed by atoms with Crippen LogP contribution in [0.15, 0.2) is 48.7 Å². The molecule has 0 atom stereocenters. The highest BCUT2D eigenvalue weighted by molar-refractivity contribution is 6.35. The number of nitrogens with one attached hydrogen (secondary N) is 1. The van der Waals surface area contributed by atoms with Crippen LogP contribution in [0.4, 0.5) is 5.82 Å². The normalized spacial score (nSPS) is 17.0. The number of hydrogen-bond donors (Lipinski definition) is 1. The second kappa shape index (κ2) is 13.8. The average molecular weight is 597 g/mol. The van der Waals surface area contributed by atoms with Gasteiger partial charge in [0.05, 0.1) is 11.9 Å². The van der Waals surface area contributed by atoms with Gasteiger partial charge in [0.1, 0.15) is 11.6 Å². The first-order valence-electron chi connectivity index (χ1n) is 14.2. The number of anilines is 1. The Balaban J connectivity index is 1.31. The van der Waals surface area contributed by atoms with Gasteiger partial charge in [0, 0.05) is 67.9 Å². The fourth-order valence-corrected chi connectivity index (χ4v) is 5.91. The number of carbonyl (C=O) groups is 1. The van der Waals surface area contributed by atoms with Crippen LogP contribution in [0.3, 0.4) is 0 Å². The lowest BCUT2D eigenvalue weighted by atomic mass is 9.96. The summed E-state index contributed by atoms with van der Waals surface area (Å²) in [7, 11) is 0. The summed E-state index contributed by atoms with van der Waals surface area (Å²) in [6.07, 6.45) is 3.86. The molecule has 0 aliphatic carbocycles. The van der Waals surface area contributed by atoms with Crippen LogP contribution in [0.25, 0.3) is 11.3 Å². The van der Waals surface area contributed by atoms with Crippen molar-refractivity contribution in [3.05, 3.63) is 71.2 Å². The quantitative estimate of drug-likeness (QED) is 0.348. The summed E-state index contributed by atoms with van der Waals surface area (Å²) in [5, 5.41) is 4.07. The molecular weight excluding hydrogens is 559 g/mol. The summed E-state index contributed by atoms with van der Waals surface area (Å²) in [6.45, 7) is 13.7. The number of pyridine rings is 2. The second-order valence-electron chi connectivity index (χ2n) is 10.8. The molecule has 10 heteroatoms. The van der Waals surface area contributed by atoms with Crippen LogP contribution < -0.4 is 15.0 Å². The zero-order valence-corrected chi connectivity index (χ0v) is 25.0. The smallest absolute Gasteiger partial charge is 0.220 e. The summed E-state index contributed by atoms with van der Waals surface area (Å²) in [6, 6.07) is 13.5. The number of likely N-dealkylation sites (tertiary alicyclic amines) is 1. The van der Waals surface area contributed by atoms with E-state index in [-0.39, 0.29) is 5.91 Å². The third kappa shape index (κ3) is 8.32. The maximum absolute atomic E-state index is 11.3. The zero-order valence-electron chi connectivity index (χ0n) is 23.5. The molecule has 0 bridgehead atoms. The summed E-state index contributed by atoms with van der Waals surface area (Å²) < 4.78 is 6.25. The number of nitrogens with zero attached hydrogens (tertiary/aromatic N) is 5. The summed E-state index contributed by atoms with van der Waals surface area (Å²) >= 11 is 12.6. The summed E-state index contributed by atoms with van der Waals surface area (Å²) in [4.78, 5) is 27.8. The van der Waals surface area contributed by atoms with Gasteiger partial charge in [0.25, 0.3) is 0 Å². The number of amides is 1. The lowest BCUT2D eigenvalue weighted by Crippen LogP contribution is -2.46. The number of rotatable bonds is 9. The number of ether oxygens (including phenoxy) is 1. The Bertz CT molecular complexity index is 1300. The number of aromatic nitrogens is 2. The van der Waals surface area contributed by atoms with E-state index in [1.165, 1.54) is 0 Å². The van der Waals surface area contributed by atoms with Gasteiger partial charge < -0.3 is 15.0 Å². The Hall–Kier alpha value is -2.91. The Morgan fingerprint density at radius 1 is 1.00 bits per heavy atom. The topological polar surface area (TPSA) is 73.8 Å². The minimum Gasteiger partial charge on any atom is -0.437 e. The van der Waals surface area contributed by atoms with Crippen LogP contribution in [-0.4, -0.2) is 78.0 Å². The van der Waals surface area contributed by atoms with E-state index in [0.717, 1.165) is 94.4 Å². The number of piperidine rings is 1. The number of hydrogen-bond acceptors (Lipinski definition) is 7. The first-order chi connectivity index (χ1) is 19.8. The predicted octanol–water partition coefficient (Wildman–Crippen LogP) is 5.55. The van der Waals surface area contributed by atoms with Crippen LogP contribution in [0.1, 0.15) is 25.3 Å². The first-order valence-corrected chi connectivity index (χ1v) is 14.9. The third-order valence-electron chi connectivity index (χ3n) is 7.73. The molecule has 2 aliphatic rings. The van der Waals surface area contributed by atoms with Crippen LogP contribution in [0.2, 0.25) is 10.0 Å². The predicted molar refractivity (Wildman–Crippen MR) is 165 cm³/mol. The van der Waals surface area contributed by atoms with Crippen molar-refractivity contribution in [3.8, 4) is 22.9 Å². The molecule has 41 heavy (non-hydrogen) atoms. The fraction of sp³-hybridized carbons (Fsp3) is 0.419. The molecule has 1 radical (unpaired) electrons. The molecule has 3 aromatic rings. The highest BCUT2D eigenvalue weighted by Crippen LogP contribution is 2.31. The van der Waals surface area contributed by atoms with E-state index in [1.54, 1.807) is 19.2 Å². The Kier molecular flexibility index (Phi) is 9.98. The number of benzene rings is 1. The molecular formula is C31H37Cl2N6O2. The van der Waals surface area contributed by atoms with Crippen LogP contribution in [0, 0.1) is 12.8 Å². The Labute approximate surface area is 252 Å². The van der Waals surface area contributed by atoms with E-state index >= 15 is 0 Å². The minimum absolute atomic E-state index is 0.0304. The molecule has 0 unspecified atom stereocenters. The van der Waals surface area contributed by atoms with E-state index in [2.05, 4.69) is 38.0 Å². The highest BCUT2D eigenvalue weighted by Gasteiger charge is 2.21. The van der Waals surface area contributed by atoms with Crippen molar-refractivity contribution in [2.75, 3.05) is 57.3 Å². The van der Waals surface area contributed by atoms with E-state index in [0.29, 0.717) is 27.6 Å². The first kappa shape index (κ1) is 29.6. The van der Waals surface area contributed by atoms with Gasteiger partial charge >= 0.3 is 0 Å². The van der Waals surface area contributed by atoms with Crippen molar-refractivity contribution < 1.29 is 9.53 Å². The van der Waals surface area contributed by atoms with Crippen molar-refractivity contribution in [2.24, 2.45) is 5.92 Å². The maximum atomic E-state index is 11.3. The number of carbonyl (C=O) groups excluding carboxylic acids is 1. The van der Waals surface area contributed by atoms with Gasteiger partial charge in [-0.1, -0.05) is 23.2 Å². The SMILES string of the molecule is [CH2]CN1CCN(c2ccc(Oc3cc(CN4CCC(CNC(C)=O)CC4)cc(-c4cc(Cl)cc(Cl)c4)n3)cn2)CC1. The van der Waals surface area contributed by atoms with Crippen molar-refractivity contribution >= 4 is 34.9 Å². The monoisotopic (exact) mass is 595 g/mol. The van der Waals surface area contributed by atoms with Gasteiger partial charge in [-0.05, 0) is 87.3 Å². The third-order valence-corrected chi connectivity index (χ3v) is 8.17. The van der Waals surface area contributed by atoms with Crippen LogP contribution >= 0.6 is 23.2 Å². The molecule has 217 valence electrons. The molecule has 1 amide bonds. The molecule has 0 spiro atoms. The zero-order chi connectivity index (χ0) is 28.8. The molecule has 5 rings (SSSR count). The lowest BCUT2D eigenvalue weighted by Gasteiger charge is -2.34. The summed E-state index contributed by atoms with van der Waals surface area (Å²) in [5.74, 6) is 2.61. The van der Waals surface area contributed by atoms with Gasteiger partial charge in [-0.2, -0.15) is 0 Å². The molecule has 2 saturated heterocycles. The Morgan fingerprint density at radius 2 is 1.73 bits per heavy atom.